The van der Waals surface area contributed by atoms with E-state index in [0.717, 1.165) is 0 Å². The molecule has 0 nitrogen and oxygen atoms in total. The van der Waals surface area contributed by atoms with Gasteiger partial charge in [-0.3, -0.25) is 0 Å². The van der Waals surface area contributed by atoms with Crippen LogP contribution in [0, 0.1) is 12.8 Å². The molecule has 0 atom stereocenters. The summed E-state index contributed by atoms with van der Waals surface area (Å²) in [6.07, 6.45) is 0. The maximum absolute atomic E-state index is 4.94. The lowest BCUT2D eigenvalue weighted by Gasteiger charge is -1.78. The Morgan fingerprint density at radius 3 is 1.25 bits per heavy atom. The standard InChI is InChI=1S/C4H9.Al.3ClH/c1-4(2)3;;;;/h4H,1H2,2-3H3;;3*1H/q;+3;;;/p-3. The van der Waals surface area contributed by atoms with Crippen LogP contribution in [0.2, 0.25) is 0 Å². The van der Waals surface area contributed by atoms with E-state index < -0.39 is 11.4 Å². The van der Waals surface area contributed by atoms with Crippen molar-refractivity contribution >= 4 is 41.5 Å². The zero-order valence-corrected chi connectivity index (χ0v) is 8.42. The molecule has 4 heteroatoms. The lowest BCUT2D eigenvalue weighted by atomic mass is 10.3. The maximum Gasteiger partial charge on any atom is 0.643 e. The third-order valence-corrected chi connectivity index (χ3v) is 0. The molecule has 0 heterocycles. The monoisotopic (exact) mass is 189 g/mol. The lowest BCUT2D eigenvalue weighted by molar-refractivity contribution is 0.827. The molecule has 0 saturated heterocycles. The van der Waals surface area contributed by atoms with Crippen molar-refractivity contribution in [2.75, 3.05) is 0 Å². The highest BCUT2D eigenvalue weighted by Crippen LogP contribution is 1.97. The molecule has 0 fully saturated rings. The van der Waals surface area contributed by atoms with Crippen LogP contribution >= 0.6 is 30.1 Å². The van der Waals surface area contributed by atoms with Gasteiger partial charge >= 0.3 is 11.4 Å². The number of rotatable bonds is 0. The molecule has 49 valence electrons. The Morgan fingerprint density at radius 1 is 1.25 bits per heavy atom. The maximum atomic E-state index is 4.94. The molecular formula is C4H9AlCl3. The molecule has 0 amide bonds. The van der Waals surface area contributed by atoms with Crippen LogP contribution in [-0.2, 0) is 0 Å². The summed E-state index contributed by atoms with van der Waals surface area (Å²) in [5.74, 6) is 0.583. The van der Waals surface area contributed by atoms with Crippen molar-refractivity contribution in [1.29, 1.82) is 0 Å². The van der Waals surface area contributed by atoms with Crippen LogP contribution in [0.3, 0.4) is 0 Å². The third kappa shape index (κ3) is 154. The van der Waals surface area contributed by atoms with Crippen molar-refractivity contribution in [2.24, 2.45) is 5.92 Å². The van der Waals surface area contributed by atoms with Gasteiger partial charge in [-0.25, -0.2) is 30.1 Å². The normalized spacial score (nSPS) is 7.88. The van der Waals surface area contributed by atoms with Crippen LogP contribution < -0.4 is 0 Å². The van der Waals surface area contributed by atoms with E-state index in [-0.39, 0.29) is 0 Å². The molecule has 0 N–H and O–H groups in total. The second kappa shape index (κ2) is 8.40. The summed E-state index contributed by atoms with van der Waals surface area (Å²) < 4.78 is 0. The molecular weight excluding hydrogens is 181 g/mol. The molecule has 0 aromatic rings. The quantitative estimate of drug-likeness (QED) is 0.515. The van der Waals surface area contributed by atoms with Gasteiger partial charge < -0.3 is 0 Å². The third-order valence-electron chi connectivity index (χ3n) is 0. The Morgan fingerprint density at radius 2 is 1.25 bits per heavy atom. The summed E-state index contributed by atoms with van der Waals surface area (Å²) in [6, 6.07) is 0. The molecule has 0 aliphatic rings. The summed E-state index contributed by atoms with van der Waals surface area (Å²) in [5, 5.41) is 0. The fourth-order valence-corrected chi connectivity index (χ4v) is 0. The molecule has 1 radical (unpaired) electrons. The molecule has 0 saturated carbocycles. The van der Waals surface area contributed by atoms with Crippen molar-refractivity contribution in [3.63, 3.8) is 0 Å². The Labute approximate surface area is 68.1 Å². The van der Waals surface area contributed by atoms with Crippen LogP contribution in [0.1, 0.15) is 13.8 Å². The van der Waals surface area contributed by atoms with Gasteiger partial charge in [-0.05, 0) is 5.92 Å². The Kier molecular flexibility index (Phi) is 12.7. The summed E-state index contributed by atoms with van der Waals surface area (Å²) in [5.41, 5.74) is 0. The van der Waals surface area contributed by atoms with Crippen LogP contribution in [-0.4, -0.2) is 11.4 Å². The SMILES string of the molecule is [CH2]C(C)C.[Cl][Al]([Cl])[Cl]. The van der Waals surface area contributed by atoms with Crippen molar-refractivity contribution in [1.82, 2.24) is 0 Å². The van der Waals surface area contributed by atoms with Gasteiger partial charge in [0.2, 0.25) is 0 Å². The fraction of sp³-hybridized carbons (Fsp3) is 0.750. The average Bonchev–Trinajstić information content (AvgIpc) is 1.25. The molecule has 0 bridgehead atoms. The van der Waals surface area contributed by atoms with Gasteiger partial charge in [0.1, 0.15) is 0 Å². The lowest BCUT2D eigenvalue weighted by Crippen LogP contribution is -1.67. The highest BCUT2D eigenvalue weighted by molar-refractivity contribution is 7.54. The minimum Gasteiger partial charge on any atom is -0.214 e. The van der Waals surface area contributed by atoms with Crippen LogP contribution in [0.5, 0.6) is 0 Å². The zero-order chi connectivity index (χ0) is 7.15. The van der Waals surface area contributed by atoms with Gasteiger partial charge in [-0.2, -0.15) is 0 Å². The largest absolute Gasteiger partial charge is 0.643 e. The molecule has 0 unspecified atom stereocenters. The highest BCUT2D eigenvalue weighted by Gasteiger charge is 2.00. The molecule has 0 aliphatic carbocycles. The number of hydrogen-bond acceptors (Lipinski definition) is 0. The van der Waals surface area contributed by atoms with Gasteiger partial charge in [0.05, 0.1) is 0 Å². The van der Waals surface area contributed by atoms with E-state index in [1.807, 2.05) is 0 Å². The first-order valence-corrected chi connectivity index (χ1v) is 7.45. The fourth-order valence-electron chi connectivity index (χ4n) is 0. The van der Waals surface area contributed by atoms with Crippen molar-refractivity contribution < 1.29 is 0 Å². The minimum atomic E-state index is -1.72. The minimum absolute atomic E-state index is 0.583. The Balaban J connectivity index is 0. The van der Waals surface area contributed by atoms with Gasteiger partial charge in [0.15, 0.2) is 0 Å². The van der Waals surface area contributed by atoms with Crippen molar-refractivity contribution in [3.8, 4) is 0 Å². The number of hydrogen-bond donors (Lipinski definition) is 0. The van der Waals surface area contributed by atoms with Gasteiger partial charge in [0.25, 0.3) is 0 Å². The molecule has 8 heavy (non-hydrogen) atoms. The number of halogens is 3. The molecule has 0 aliphatic heterocycles. The molecule has 0 rings (SSSR count). The van der Waals surface area contributed by atoms with Gasteiger partial charge in [-0.1, -0.05) is 20.8 Å². The second-order valence-corrected chi connectivity index (χ2v) is 8.07. The van der Waals surface area contributed by atoms with Crippen molar-refractivity contribution in [3.05, 3.63) is 6.92 Å². The van der Waals surface area contributed by atoms with Crippen LogP contribution in [0.4, 0.5) is 0 Å². The Bertz CT molecular complexity index is 26.8. The average molecular weight is 190 g/mol. The van der Waals surface area contributed by atoms with E-state index in [2.05, 4.69) is 20.8 Å². The smallest absolute Gasteiger partial charge is 0.214 e. The van der Waals surface area contributed by atoms with Gasteiger partial charge in [0, 0.05) is 0 Å². The molecule has 0 aromatic heterocycles. The molecule has 0 aromatic carbocycles. The van der Waals surface area contributed by atoms with Gasteiger partial charge in [-0.15, -0.1) is 0 Å². The van der Waals surface area contributed by atoms with E-state index in [4.69, 9.17) is 30.1 Å². The van der Waals surface area contributed by atoms with E-state index >= 15 is 0 Å². The van der Waals surface area contributed by atoms with E-state index in [1.165, 1.54) is 0 Å². The predicted octanol–water partition coefficient (Wildman–Crippen LogP) is 3.16. The predicted molar refractivity (Wildman–Crippen MR) is 43.5 cm³/mol. The van der Waals surface area contributed by atoms with Crippen LogP contribution in [0.25, 0.3) is 0 Å². The van der Waals surface area contributed by atoms with E-state index in [0.29, 0.717) is 5.92 Å². The summed E-state index contributed by atoms with van der Waals surface area (Å²) in [4.78, 5) is 0. The van der Waals surface area contributed by atoms with E-state index in [1.54, 1.807) is 0 Å². The highest BCUT2D eigenvalue weighted by atomic mass is 35.8. The Hall–Kier alpha value is 1.40. The topological polar surface area (TPSA) is 0 Å². The molecule has 0 spiro atoms. The summed E-state index contributed by atoms with van der Waals surface area (Å²) >= 11 is -1.72. The van der Waals surface area contributed by atoms with E-state index in [9.17, 15) is 0 Å². The zero-order valence-electron chi connectivity index (χ0n) is 5.00. The first-order chi connectivity index (χ1) is 3.46. The summed E-state index contributed by atoms with van der Waals surface area (Å²) in [7, 11) is 14.8. The van der Waals surface area contributed by atoms with Crippen LogP contribution in [0.15, 0.2) is 0 Å². The van der Waals surface area contributed by atoms with Crippen molar-refractivity contribution in [2.45, 2.75) is 13.8 Å². The summed E-state index contributed by atoms with van der Waals surface area (Å²) in [6.45, 7) is 7.75. The first kappa shape index (κ1) is 12.1. The first-order valence-electron chi connectivity index (χ1n) is 2.22. The second-order valence-electron chi connectivity index (χ2n) is 1.64.